The predicted molar refractivity (Wildman–Crippen MR) is 84.2 cm³/mol. The lowest BCUT2D eigenvalue weighted by Crippen LogP contribution is -2.41. The fraction of sp³-hybridized carbons (Fsp3) is 0.600. The van der Waals surface area contributed by atoms with Gasteiger partial charge in [0.1, 0.15) is 12.4 Å². The topological polar surface area (TPSA) is 50.7 Å². The number of nitrogens with one attached hydrogen (secondary N) is 1. The minimum Gasteiger partial charge on any atom is -0.490 e. The molecule has 1 heterocycles. The predicted octanol–water partition coefficient (Wildman–Crippen LogP) is 2.59. The van der Waals surface area contributed by atoms with Crippen LogP contribution in [-0.4, -0.2) is 43.1 Å². The fourth-order valence-corrected chi connectivity index (χ4v) is 2.15. The molecular formula is C15H24BrNO3. The van der Waals surface area contributed by atoms with Gasteiger partial charge in [-0.15, -0.1) is 0 Å². The fourth-order valence-electron chi connectivity index (χ4n) is 1.75. The normalized spacial score (nSPS) is 23.4. The van der Waals surface area contributed by atoms with E-state index in [4.69, 9.17) is 14.6 Å². The van der Waals surface area contributed by atoms with Crippen LogP contribution in [0.1, 0.15) is 20.8 Å². The summed E-state index contributed by atoms with van der Waals surface area (Å²) in [4.78, 5) is 0. The standard InChI is InChI=1S/C9H11BrO2.C6H13NO/c1-7(11)6-12-9-5-3-2-4-8(9)10;1-5-3-7-4-6(2)8-5/h2-5,7,11H,6H2,1H3;5-7H,3-4H2,1-2H3. The van der Waals surface area contributed by atoms with Gasteiger partial charge in [-0.25, -0.2) is 0 Å². The highest BCUT2D eigenvalue weighted by Gasteiger charge is 2.12. The lowest BCUT2D eigenvalue weighted by atomic mass is 10.3. The zero-order chi connectivity index (χ0) is 15.0. The number of halogens is 1. The Bertz CT molecular complexity index is 379. The van der Waals surface area contributed by atoms with Crippen molar-refractivity contribution in [1.82, 2.24) is 5.32 Å². The molecule has 4 nitrogen and oxygen atoms in total. The zero-order valence-corrected chi connectivity index (χ0v) is 13.9. The Hall–Kier alpha value is -0.620. The van der Waals surface area contributed by atoms with E-state index in [-0.39, 0.29) is 0 Å². The lowest BCUT2D eigenvalue weighted by Gasteiger charge is -2.25. The van der Waals surface area contributed by atoms with Crippen molar-refractivity contribution in [2.24, 2.45) is 0 Å². The molecule has 3 atom stereocenters. The first-order valence-corrected chi connectivity index (χ1v) is 7.70. The molecule has 0 aliphatic carbocycles. The first-order valence-electron chi connectivity index (χ1n) is 6.90. The highest BCUT2D eigenvalue weighted by molar-refractivity contribution is 9.10. The number of ether oxygens (including phenoxy) is 2. The molecule has 0 aromatic heterocycles. The number of benzene rings is 1. The van der Waals surface area contributed by atoms with E-state index in [1.165, 1.54) is 0 Å². The van der Waals surface area contributed by atoms with Gasteiger partial charge in [-0.3, -0.25) is 0 Å². The second-order valence-corrected chi connectivity index (χ2v) is 5.86. The van der Waals surface area contributed by atoms with Crippen molar-refractivity contribution in [2.75, 3.05) is 19.7 Å². The van der Waals surface area contributed by atoms with Crippen LogP contribution < -0.4 is 10.1 Å². The molecule has 0 saturated carbocycles. The van der Waals surface area contributed by atoms with E-state index in [0.717, 1.165) is 23.3 Å². The van der Waals surface area contributed by atoms with E-state index in [0.29, 0.717) is 18.8 Å². The molecular weight excluding hydrogens is 322 g/mol. The molecule has 1 aromatic rings. The third kappa shape index (κ3) is 7.24. The molecule has 3 unspecified atom stereocenters. The van der Waals surface area contributed by atoms with Crippen LogP contribution in [0.2, 0.25) is 0 Å². The number of rotatable bonds is 3. The second kappa shape index (κ2) is 9.34. The summed E-state index contributed by atoms with van der Waals surface area (Å²) in [5.74, 6) is 0.762. The van der Waals surface area contributed by atoms with Crippen molar-refractivity contribution < 1.29 is 14.6 Å². The van der Waals surface area contributed by atoms with Crippen molar-refractivity contribution >= 4 is 15.9 Å². The maximum absolute atomic E-state index is 8.96. The molecule has 5 heteroatoms. The van der Waals surface area contributed by atoms with Crippen LogP contribution in [0.25, 0.3) is 0 Å². The maximum Gasteiger partial charge on any atom is 0.133 e. The number of aliphatic hydroxyl groups excluding tert-OH is 1. The van der Waals surface area contributed by atoms with Crippen LogP contribution in [0, 0.1) is 0 Å². The van der Waals surface area contributed by atoms with Gasteiger partial charge in [-0.1, -0.05) is 12.1 Å². The molecule has 1 aromatic carbocycles. The molecule has 0 spiro atoms. The van der Waals surface area contributed by atoms with Gasteiger partial charge in [-0.2, -0.15) is 0 Å². The highest BCUT2D eigenvalue weighted by atomic mass is 79.9. The lowest BCUT2D eigenvalue weighted by molar-refractivity contribution is -0.0166. The van der Waals surface area contributed by atoms with E-state index >= 15 is 0 Å². The molecule has 114 valence electrons. The SMILES string of the molecule is CC(O)COc1ccccc1Br.CC1CNCC(C)O1. The zero-order valence-electron chi connectivity index (χ0n) is 12.3. The van der Waals surface area contributed by atoms with Crippen molar-refractivity contribution in [1.29, 1.82) is 0 Å². The third-order valence-corrected chi connectivity index (χ3v) is 3.30. The van der Waals surface area contributed by atoms with E-state index < -0.39 is 6.10 Å². The minimum atomic E-state index is -0.433. The van der Waals surface area contributed by atoms with Crippen LogP contribution in [0.3, 0.4) is 0 Å². The van der Waals surface area contributed by atoms with Gasteiger partial charge in [0.15, 0.2) is 0 Å². The molecule has 1 aliphatic heterocycles. The van der Waals surface area contributed by atoms with Gasteiger partial charge >= 0.3 is 0 Å². The summed E-state index contributed by atoms with van der Waals surface area (Å²) in [5, 5.41) is 12.2. The number of aliphatic hydroxyl groups is 1. The first-order chi connectivity index (χ1) is 9.49. The average Bonchev–Trinajstić information content (AvgIpc) is 2.38. The molecule has 1 fully saturated rings. The highest BCUT2D eigenvalue weighted by Crippen LogP contribution is 2.23. The molecule has 0 radical (unpaired) electrons. The van der Waals surface area contributed by atoms with E-state index in [9.17, 15) is 0 Å². The van der Waals surface area contributed by atoms with Gasteiger partial charge in [0.05, 0.1) is 22.8 Å². The summed E-state index contributed by atoms with van der Waals surface area (Å²) in [6, 6.07) is 7.56. The quantitative estimate of drug-likeness (QED) is 0.883. The first kappa shape index (κ1) is 17.4. The third-order valence-electron chi connectivity index (χ3n) is 2.64. The van der Waals surface area contributed by atoms with Gasteiger partial charge in [0.2, 0.25) is 0 Å². The number of para-hydroxylation sites is 1. The van der Waals surface area contributed by atoms with Crippen LogP contribution in [0.15, 0.2) is 28.7 Å². The van der Waals surface area contributed by atoms with Gasteiger partial charge in [0.25, 0.3) is 0 Å². The van der Waals surface area contributed by atoms with E-state index in [2.05, 4.69) is 35.1 Å². The summed E-state index contributed by atoms with van der Waals surface area (Å²) >= 11 is 3.34. The Balaban J connectivity index is 0.000000217. The van der Waals surface area contributed by atoms with E-state index in [1.54, 1.807) is 6.92 Å². The smallest absolute Gasteiger partial charge is 0.133 e. The van der Waals surface area contributed by atoms with Crippen LogP contribution >= 0.6 is 15.9 Å². The second-order valence-electron chi connectivity index (χ2n) is 5.01. The summed E-state index contributed by atoms with van der Waals surface area (Å²) in [7, 11) is 0. The number of morpholine rings is 1. The van der Waals surface area contributed by atoms with Crippen molar-refractivity contribution in [3.8, 4) is 5.75 Å². The van der Waals surface area contributed by atoms with Gasteiger partial charge in [0, 0.05) is 13.1 Å². The molecule has 0 amide bonds. The Morgan fingerprint density at radius 1 is 1.35 bits per heavy atom. The van der Waals surface area contributed by atoms with Crippen molar-refractivity contribution in [2.45, 2.75) is 39.1 Å². The maximum atomic E-state index is 8.96. The van der Waals surface area contributed by atoms with E-state index in [1.807, 2.05) is 24.3 Å². The average molecular weight is 346 g/mol. The summed E-state index contributed by atoms with van der Waals surface area (Å²) in [6.07, 6.45) is 0.370. The Kier molecular flexibility index (Phi) is 8.14. The largest absolute Gasteiger partial charge is 0.490 e. The Morgan fingerprint density at radius 2 is 1.95 bits per heavy atom. The summed E-state index contributed by atoms with van der Waals surface area (Å²) < 4.78 is 11.6. The molecule has 20 heavy (non-hydrogen) atoms. The summed E-state index contributed by atoms with van der Waals surface area (Å²) in [5.41, 5.74) is 0. The number of hydrogen-bond donors (Lipinski definition) is 2. The van der Waals surface area contributed by atoms with Crippen LogP contribution in [-0.2, 0) is 4.74 Å². The van der Waals surface area contributed by atoms with Crippen molar-refractivity contribution in [3.63, 3.8) is 0 Å². The molecule has 2 rings (SSSR count). The molecule has 2 N–H and O–H groups in total. The molecule has 1 aliphatic rings. The molecule has 0 bridgehead atoms. The van der Waals surface area contributed by atoms with Crippen LogP contribution in [0.5, 0.6) is 5.75 Å². The molecule has 1 saturated heterocycles. The summed E-state index contributed by atoms with van der Waals surface area (Å²) in [6.45, 7) is 8.19. The number of hydrogen-bond acceptors (Lipinski definition) is 4. The minimum absolute atomic E-state index is 0.322. The van der Waals surface area contributed by atoms with Gasteiger partial charge < -0.3 is 19.9 Å². The van der Waals surface area contributed by atoms with Crippen LogP contribution in [0.4, 0.5) is 0 Å². The monoisotopic (exact) mass is 345 g/mol. The Labute approximate surface area is 129 Å². The Morgan fingerprint density at radius 3 is 2.40 bits per heavy atom. The van der Waals surface area contributed by atoms with Crippen molar-refractivity contribution in [3.05, 3.63) is 28.7 Å². The van der Waals surface area contributed by atoms with Gasteiger partial charge in [-0.05, 0) is 48.8 Å².